The third-order valence-electron chi connectivity index (χ3n) is 7.55. The molecule has 2 atom stereocenters. The fourth-order valence-electron chi connectivity index (χ4n) is 6.50. The predicted molar refractivity (Wildman–Crippen MR) is 132 cm³/mol. The van der Waals surface area contributed by atoms with Crippen molar-refractivity contribution in [3.8, 4) is 0 Å². The summed E-state index contributed by atoms with van der Waals surface area (Å²) in [7, 11) is 0. The molecule has 2 aliphatic heterocycles. The highest BCUT2D eigenvalue weighted by molar-refractivity contribution is 6.21. The number of nitrogens with zero attached hydrogens (tertiary/aromatic N) is 2. The van der Waals surface area contributed by atoms with Crippen LogP contribution in [-0.2, 0) is 4.79 Å². The Kier molecular flexibility index (Phi) is 5.54. The van der Waals surface area contributed by atoms with Gasteiger partial charge in [0.15, 0.2) is 0 Å². The van der Waals surface area contributed by atoms with Gasteiger partial charge in [0.1, 0.15) is 0 Å². The van der Waals surface area contributed by atoms with Crippen molar-refractivity contribution in [2.24, 2.45) is 10.8 Å². The summed E-state index contributed by atoms with van der Waals surface area (Å²) in [6.45, 7) is 7.51. The fourth-order valence-corrected chi connectivity index (χ4v) is 6.50. The van der Waals surface area contributed by atoms with E-state index in [0.717, 1.165) is 30.7 Å². The number of carbonyl (C=O) groups is 4. The first-order valence-corrected chi connectivity index (χ1v) is 12.2. The second kappa shape index (κ2) is 8.33. The Morgan fingerprint density at radius 2 is 1.57 bits per heavy atom. The molecule has 182 valence electrons. The summed E-state index contributed by atoms with van der Waals surface area (Å²) in [5.74, 6) is -1.18. The minimum Gasteiger partial charge on any atom is -0.335 e. The highest BCUT2D eigenvalue weighted by Crippen LogP contribution is 2.52. The average molecular weight is 474 g/mol. The van der Waals surface area contributed by atoms with Crippen LogP contribution in [0.3, 0.4) is 0 Å². The van der Waals surface area contributed by atoms with Gasteiger partial charge in [0.2, 0.25) is 5.91 Å². The first-order chi connectivity index (χ1) is 16.6. The molecule has 3 aliphatic rings. The molecule has 5 rings (SSSR count). The molecule has 2 heterocycles. The van der Waals surface area contributed by atoms with Gasteiger partial charge >= 0.3 is 0 Å². The summed E-state index contributed by atoms with van der Waals surface area (Å²) in [6, 6.07) is 13.9. The number of imide groups is 1. The largest absolute Gasteiger partial charge is 0.335 e. The van der Waals surface area contributed by atoms with E-state index in [-0.39, 0.29) is 53.5 Å². The molecule has 0 radical (unpaired) electrons. The second-order valence-electron chi connectivity index (χ2n) is 11.3. The van der Waals surface area contributed by atoms with Crippen LogP contribution in [0, 0.1) is 10.8 Å². The van der Waals surface area contributed by atoms with E-state index < -0.39 is 0 Å². The zero-order chi connectivity index (χ0) is 25.0. The fraction of sp³-hybridized carbons (Fsp3) is 0.429. The number of anilines is 1. The topological polar surface area (TPSA) is 86.8 Å². The number of para-hydroxylation sites is 1. The molecule has 7 heteroatoms. The second-order valence-corrected chi connectivity index (χ2v) is 11.3. The minimum atomic E-state index is -0.384. The van der Waals surface area contributed by atoms with Crippen LogP contribution in [0.4, 0.5) is 5.69 Å². The third kappa shape index (κ3) is 4.24. The minimum absolute atomic E-state index is 0.0179. The van der Waals surface area contributed by atoms with Crippen LogP contribution >= 0.6 is 0 Å². The smallest absolute Gasteiger partial charge is 0.261 e. The van der Waals surface area contributed by atoms with Crippen molar-refractivity contribution in [2.45, 2.75) is 52.5 Å². The molecule has 7 nitrogen and oxygen atoms in total. The molecule has 2 aromatic rings. The molecule has 2 fully saturated rings. The first-order valence-electron chi connectivity index (χ1n) is 12.2. The molecule has 4 amide bonds. The average Bonchev–Trinajstić information content (AvgIpc) is 3.20. The third-order valence-corrected chi connectivity index (χ3v) is 7.55. The predicted octanol–water partition coefficient (Wildman–Crippen LogP) is 4.35. The van der Waals surface area contributed by atoms with E-state index in [1.165, 1.54) is 0 Å². The monoisotopic (exact) mass is 473 g/mol. The van der Waals surface area contributed by atoms with Gasteiger partial charge in [-0.25, -0.2) is 0 Å². The number of rotatable bonds is 5. The van der Waals surface area contributed by atoms with Crippen LogP contribution in [0.25, 0.3) is 0 Å². The van der Waals surface area contributed by atoms with Crippen LogP contribution in [0.15, 0.2) is 48.5 Å². The van der Waals surface area contributed by atoms with Crippen molar-refractivity contribution >= 4 is 29.3 Å². The molecule has 1 N–H and O–H groups in total. The molecule has 1 saturated carbocycles. The van der Waals surface area contributed by atoms with Gasteiger partial charge in [-0.05, 0) is 54.4 Å². The summed E-state index contributed by atoms with van der Waals surface area (Å²) in [6.07, 6.45) is 3.03. The molecule has 2 aromatic carbocycles. The lowest BCUT2D eigenvalue weighted by Crippen LogP contribution is -2.38. The van der Waals surface area contributed by atoms with E-state index in [0.29, 0.717) is 22.4 Å². The van der Waals surface area contributed by atoms with E-state index in [2.05, 4.69) is 26.1 Å². The maximum Gasteiger partial charge on any atom is 0.261 e. The van der Waals surface area contributed by atoms with Gasteiger partial charge in [0.25, 0.3) is 17.7 Å². The molecule has 0 unspecified atom stereocenters. The van der Waals surface area contributed by atoms with Crippen LogP contribution < -0.4 is 5.32 Å². The van der Waals surface area contributed by atoms with Crippen LogP contribution in [0.2, 0.25) is 0 Å². The Bertz CT molecular complexity index is 1200. The summed E-state index contributed by atoms with van der Waals surface area (Å²) in [5, 5.41) is 2.84. The van der Waals surface area contributed by atoms with Gasteiger partial charge in [-0.2, -0.15) is 0 Å². The normalized spacial score (nSPS) is 24.5. The Morgan fingerprint density at radius 1 is 0.943 bits per heavy atom. The van der Waals surface area contributed by atoms with Crippen molar-refractivity contribution < 1.29 is 19.2 Å². The molecule has 0 spiro atoms. The van der Waals surface area contributed by atoms with Crippen molar-refractivity contribution in [1.29, 1.82) is 0 Å². The standard InChI is InChI=1S/C28H31N3O4/c1-27(2)14-18-15-28(3,16-27)17-31(18)26(35)21-10-6-7-11-22(21)29-23(32)12-13-30-24(33)19-8-4-5-9-20(19)25(30)34/h4-11,18H,12-17H2,1-3H3,(H,29,32)/t18-,28-/m0/s1. The highest BCUT2D eigenvalue weighted by Gasteiger charge is 2.51. The molecule has 35 heavy (non-hydrogen) atoms. The van der Waals surface area contributed by atoms with Gasteiger partial charge in [0.05, 0.1) is 22.4 Å². The Labute approximate surface area is 205 Å². The van der Waals surface area contributed by atoms with Crippen LogP contribution in [-0.4, -0.2) is 52.6 Å². The van der Waals surface area contributed by atoms with Gasteiger partial charge in [-0.1, -0.05) is 45.0 Å². The maximum absolute atomic E-state index is 13.6. The lowest BCUT2D eigenvalue weighted by molar-refractivity contribution is -0.116. The van der Waals surface area contributed by atoms with Crippen molar-refractivity contribution in [3.63, 3.8) is 0 Å². The number of likely N-dealkylation sites (tertiary alicyclic amines) is 1. The van der Waals surface area contributed by atoms with E-state index in [1.54, 1.807) is 48.5 Å². The zero-order valence-corrected chi connectivity index (χ0v) is 20.5. The molecule has 1 aliphatic carbocycles. The van der Waals surface area contributed by atoms with Gasteiger partial charge in [0, 0.05) is 25.6 Å². The van der Waals surface area contributed by atoms with E-state index >= 15 is 0 Å². The number of carbonyl (C=O) groups excluding carboxylic acids is 4. The number of amides is 4. The van der Waals surface area contributed by atoms with Crippen LogP contribution in [0.1, 0.15) is 77.5 Å². The molecule has 0 aromatic heterocycles. The van der Waals surface area contributed by atoms with Gasteiger partial charge < -0.3 is 10.2 Å². The van der Waals surface area contributed by atoms with Crippen molar-refractivity contribution in [3.05, 3.63) is 65.2 Å². The summed E-state index contributed by atoms with van der Waals surface area (Å²) in [4.78, 5) is 54.6. The van der Waals surface area contributed by atoms with Crippen molar-refractivity contribution in [2.75, 3.05) is 18.4 Å². The van der Waals surface area contributed by atoms with E-state index in [4.69, 9.17) is 0 Å². The first kappa shape index (κ1) is 23.3. The highest BCUT2D eigenvalue weighted by atomic mass is 16.2. The quantitative estimate of drug-likeness (QED) is 0.654. The maximum atomic E-state index is 13.6. The molecular formula is C28H31N3O4. The molecule has 2 bridgehead atoms. The number of fused-ring (bicyclic) bond motifs is 3. The summed E-state index contributed by atoms with van der Waals surface area (Å²) >= 11 is 0. The number of hydrogen-bond acceptors (Lipinski definition) is 4. The Balaban J connectivity index is 1.26. The van der Waals surface area contributed by atoms with Gasteiger partial charge in [-0.15, -0.1) is 0 Å². The van der Waals surface area contributed by atoms with E-state index in [1.807, 2.05) is 4.90 Å². The zero-order valence-electron chi connectivity index (χ0n) is 20.5. The Morgan fingerprint density at radius 3 is 2.26 bits per heavy atom. The van der Waals surface area contributed by atoms with Crippen molar-refractivity contribution in [1.82, 2.24) is 9.80 Å². The van der Waals surface area contributed by atoms with Gasteiger partial charge in [-0.3, -0.25) is 24.1 Å². The lowest BCUT2D eigenvalue weighted by atomic mass is 9.65. The Hall–Kier alpha value is -3.48. The SMILES string of the molecule is CC1(C)C[C@H]2C[C@](C)(CN2C(=O)c2ccccc2NC(=O)CCN2C(=O)c3ccccc3C2=O)C1. The van der Waals surface area contributed by atoms with Crippen LogP contribution in [0.5, 0.6) is 0 Å². The number of benzene rings is 2. The number of hydrogen-bond donors (Lipinski definition) is 1. The number of nitrogens with one attached hydrogen (secondary N) is 1. The summed E-state index contributed by atoms with van der Waals surface area (Å²) < 4.78 is 0. The molecule has 1 saturated heterocycles. The van der Waals surface area contributed by atoms with E-state index in [9.17, 15) is 19.2 Å². The summed E-state index contributed by atoms with van der Waals surface area (Å²) in [5.41, 5.74) is 1.96. The lowest BCUT2D eigenvalue weighted by Gasteiger charge is -2.39. The molecular weight excluding hydrogens is 442 g/mol.